The molecule has 2 amide bonds. The van der Waals surface area contributed by atoms with Crippen LogP contribution in [0.15, 0.2) is 75.9 Å². The molecule has 8 nitrogen and oxygen atoms in total. The van der Waals surface area contributed by atoms with Gasteiger partial charge in [0.1, 0.15) is 10.6 Å². The molecule has 7 rings (SSSR count). The number of carbonyl (C=O) groups excluding carboxylic acids is 2. The zero-order valence-electron chi connectivity index (χ0n) is 21.4. The zero-order chi connectivity index (χ0) is 27.1. The van der Waals surface area contributed by atoms with E-state index in [2.05, 4.69) is 10.2 Å². The molecule has 1 spiro atoms. The van der Waals surface area contributed by atoms with Gasteiger partial charge in [0, 0.05) is 5.56 Å². The maximum absolute atomic E-state index is 14.8. The third kappa shape index (κ3) is 3.13. The minimum absolute atomic E-state index is 0.0163. The van der Waals surface area contributed by atoms with E-state index in [0.717, 1.165) is 16.7 Å². The summed E-state index contributed by atoms with van der Waals surface area (Å²) in [7, 11) is 0. The molecule has 0 saturated carbocycles. The highest BCUT2D eigenvalue weighted by atomic mass is 32.1. The van der Waals surface area contributed by atoms with Crippen molar-refractivity contribution in [2.24, 2.45) is 0 Å². The van der Waals surface area contributed by atoms with Crippen molar-refractivity contribution >= 4 is 44.9 Å². The molecule has 3 aromatic carbocycles. The van der Waals surface area contributed by atoms with Gasteiger partial charge in [0.05, 0.1) is 23.2 Å². The van der Waals surface area contributed by atoms with Crippen LogP contribution in [0.25, 0.3) is 11.0 Å². The van der Waals surface area contributed by atoms with Gasteiger partial charge in [-0.2, -0.15) is 0 Å². The number of hydrogen-bond acceptors (Lipinski definition) is 7. The maximum Gasteiger partial charge on any atom is 0.297 e. The lowest BCUT2D eigenvalue weighted by Gasteiger charge is -2.32. The molecule has 0 N–H and O–H groups in total. The van der Waals surface area contributed by atoms with Crippen LogP contribution < -0.4 is 15.2 Å². The summed E-state index contributed by atoms with van der Waals surface area (Å²) in [5, 5.41) is 9.54. The number of carbonyl (C=O) groups is 2. The molecule has 2 aliphatic rings. The first-order valence-electron chi connectivity index (χ1n) is 12.5. The first kappa shape index (κ1) is 23.5. The van der Waals surface area contributed by atoms with Crippen molar-refractivity contribution < 1.29 is 14.0 Å². The number of nitrogens with zero attached hydrogens (tertiary/aromatic N) is 4. The fraction of sp³-hybridized carbons (Fsp3) is 0.167. The number of anilines is 2. The Morgan fingerprint density at radius 2 is 1.69 bits per heavy atom. The Morgan fingerprint density at radius 3 is 2.46 bits per heavy atom. The van der Waals surface area contributed by atoms with Crippen molar-refractivity contribution in [1.82, 2.24) is 10.2 Å². The van der Waals surface area contributed by atoms with E-state index in [9.17, 15) is 14.4 Å². The van der Waals surface area contributed by atoms with Crippen LogP contribution in [0.3, 0.4) is 0 Å². The molecule has 0 radical (unpaired) electrons. The number of aromatic nitrogens is 2. The molecule has 2 aliphatic heterocycles. The minimum atomic E-state index is -1.78. The van der Waals surface area contributed by atoms with Crippen LogP contribution in [-0.2, 0) is 16.9 Å². The van der Waals surface area contributed by atoms with Gasteiger partial charge >= 0.3 is 0 Å². The number of fused-ring (bicyclic) bond motifs is 5. The second-order valence-electron chi connectivity index (χ2n) is 9.99. The van der Waals surface area contributed by atoms with Crippen molar-refractivity contribution in [3.8, 4) is 0 Å². The third-order valence-electron chi connectivity index (χ3n) is 7.41. The number of rotatable bonds is 3. The first-order valence-corrected chi connectivity index (χ1v) is 13.3. The molecule has 4 heterocycles. The standard InChI is InChI=1S/C30H22N4O4S/c1-16-7-6-8-19(13-16)15-33-22-10-5-4-9-21(22)30(28(33)37)24-25(35)20-14-17(2)11-12-23(20)38-26(24)27(36)34(30)29-32-31-18(3)39-29/h4-14H,15H2,1-3H3. The van der Waals surface area contributed by atoms with Gasteiger partial charge in [-0.05, 0) is 44.5 Å². The van der Waals surface area contributed by atoms with E-state index in [1.165, 1.54) is 16.2 Å². The Morgan fingerprint density at radius 1 is 0.897 bits per heavy atom. The van der Waals surface area contributed by atoms with E-state index >= 15 is 0 Å². The number of aryl methyl sites for hydroxylation is 3. The number of benzene rings is 3. The van der Waals surface area contributed by atoms with E-state index in [4.69, 9.17) is 4.42 Å². The van der Waals surface area contributed by atoms with Crippen LogP contribution in [-0.4, -0.2) is 22.0 Å². The molecule has 1 unspecified atom stereocenters. The Bertz CT molecular complexity index is 1930. The second kappa shape index (κ2) is 8.18. The van der Waals surface area contributed by atoms with Crippen molar-refractivity contribution in [3.63, 3.8) is 0 Å². The topological polar surface area (TPSA) is 96.6 Å². The first-order chi connectivity index (χ1) is 18.8. The van der Waals surface area contributed by atoms with Gasteiger partial charge in [0.15, 0.2) is 11.0 Å². The van der Waals surface area contributed by atoms with Gasteiger partial charge in [-0.1, -0.05) is 71.0 Å². The molecule has 2 aromatic heterocycles. The average Bonchev–Trinajstić information content (AvgIpc) is 3.53. The Hall–Kier alpha value is -4.63. The molecular formula is C30H22N4O4S. The van der Waals surface area contributed by atoms with Gasteiger partial charge in [0.2, 0.25) is 10.9 Å². The van der Waals surface area contributed by atoms with Gasteiger partial charge < -0.3 is 9.32 Å². The Balaban J connectivity index is 1.56. The zero-order valence-corrected chi connectivity index (χ0v) is 22.2. The molecule has 0 saturated heterocycles. The number of amides is 2. The summed E-state index contributed by atoms with van der Waals surface area (Å²) in [6, 6.07) is 20.4. The third-order valence-corrected chi connectivity index (χ3v) is 8.23. The largest absolute Gasteiger partial charge is 0.450 e. The highest BCUT2D eigenvalue weighted by molar-refractivity contribution is 7.15. The van der Waals surface area contributed by atoms with Gasteiger partial charge in [-0.3, -0.25) is 19.3 Å². The molecule has 5 aromatic rings. The van der Waals surface area contributed by atoms with Crippen LogP contribution in [0.2, 0.25) is 0 Å². The summed E-state index contributed by atoms with van der Waals surface area (Å²) >= 11 is 1.19. The van der Waals surface area contributed by atoms with Crippen LogP contribution in [0, 0.1) is 20.8 Å². The highest BCUT2D eigenvalue weighted by Crippen LogP contribution is 2.54. The smallest absolute Gasteiger partial charge is 0.297 e. The minimum Gasteiger partial charge on any atom is -0.450 e. The van der Waals surface area contributed by atoms with Crippen molar-refractivity contribution in [2.75, 3.05) is 9.80 Å². The van der Waals surface area contributed by atoms with Crippen LogP contribution in [0.5, 0.6) is 0 Å². The van der Waals surface area contributed by atoms with Gasteiger partial charge in [-0.25, -0.2) is 0 Å². The lowest BCUT2D eigenvalue weighted by atomic mass is 9.84. The SMILES string of the molecule is Cc1cccc(CN2C(=O)C3(c4ccccc42)c2c(oc4ccc(C)cc4c2=O)C(=O)N3c2nnc(C)s2)c1. The van der Waals surface area contributed by atoms with E-state index in [-0.39, 0.29) is 23.0 Å². The molecule has 39 heavy (non-hydrogen) atoms. The summed E-state index contributed by atoms with van der Waals surface area (Å²) in [6.07, 6.45) is 0. The van der Waals surface area contributed by atoms with Crippen LogP contribution in [0.1, 0.15) is 43.4 Å². The molecule has 0 fully saturated rings. The van der Waals surface area contributed by atoms with Gasteiger partial charge in [-0.15, -0.1) is 10.2 Å². The predicted octanol–water partition coefficient (Wildman–Crippen LogP) is 5.02. The fourth-order valence-corrected chi connectivity index (χ4v) is 6.54. The Kier molecular flexibility index (Phi) is 4.93. The summed E-state index contributed by atoms with van der Waals surface area (Å²) in [5.74, 6) is -1.16. The summed E-state index contributed by atoms with van der Waals surface area (Å²) < 4.78 is 6.12. The molecule has 0 aliphatic carbocycles. The summed E-state index contributed by atoms with van der Waals surface area (Å²) in [4.78, 5) is 46.2. The maximum atomic E-state index is 14.8. The molecule has 9 heteroatoms. The summed E-state index contributed by atoms with van der Waals surface area (Å²) in [5.41, 5.74) is 2.13. The van der Waals surface area contributed by atoms with Crippen molar-refractivity contribution in [2.45, 2.75) is 32.9 Å². The fourth-order valence-electron chi connectivity index (χ4n) is 5.80. The quantitative estimate of drug-likeness (QED) is 0.323. The van der Waals surface area contributed by atoms with E-state index in [0.29, 0.717) is 27.2 Å². The van der Waals surface area contributed by atoms with Crippen LogP contribution in [0.4, 0.5) is 10.8 Å². The number of para-hydroxylation sites is 1. The van der Waals surface area contributed by atoms with E-state index in [1.54, 1.807) is 30.0 Å². The molecule has 0 bridgehead atoms. The normalized spacial score (nSPS) is 17.9. The van der Waals surface area contributed by atoms with Crippen molar-refractivity contribution in [1.29, 1.82) is 0 Å². The molecule has 1 atom stereocenters. The highest BCUT2D eigenvalue weighted by Gasteiger charge is 2.66. The van der Waals surface area contributed by atoms with E-state index in [1.807, 2.05) is 62.4 Å². The lowest BCUT2D eigenvalue weighted by molar-refractivity contribution is -0.121. The predicted molar refractivity (Wildman–Crippen MR) is 148 cm³/mol. The Labute approximate surface area is 227 Å². The molecule has 192 valence electrons. The van der Waals surface area contributed by atoms with E-state index < -0.39 is 22.8 Å². The lowest BCUT2D eigenvalue weighted by Crippen LogP contribution is -2.53. The van der Waals surface area contributed by atoms with Crippen LogP contribution >= 0.6 is 11.3 Å². The second-order valence-corrected chi connectivity index (χ2v) is 11.1. The van der Waals surface area contributed by atoms with Gasteiger partial charge in [0.25, 0.3) is 11.8 Å². The monoisotopic (exact) mass is 534 g/mol. The number of hydrogen-bond donors (Lipinski definition) is 0. The average molecular weight is 535 g/mol. The summed E-state index contributed by atoms with van der Waals surface area (Å²) in [6.45, 7) is 5.91. The molecular weight excluding hydrogens is 512 g/mol. The van der Waals surface area contributed by atoms with Crippen molar-refractivity contribution in [3.05, 3.63) is 116 Å².